The van der Waals surface area contributed by atoms with E-state index in [1.807, 2.05) is 0 Å². The van der Waals surface area contributed by atoms with E-state index >= 15 is 0 Å². The number of rotatable bonds is 8. The van der Waals surface area contributed by atoms with Crippen LogP contribution in [0.25, 0.3) is 0 Å². The highest BCUT2D eigenvalue weighted by Gasteiger charge is 2.06. The zero-order valence-electron chi connectivity index (χ0n) is 11.4. The topological polar surface area (TPSA) is 72.0 Å². The minimum absolute atomic E-state index is 0.167. The molecular formula is C13H20N2O3S. The molecule has 0 bridgehead atoms. The van der Waals surface area contributed by atoms with Crippen molar-refractivity contribution in [2.75, 3.05) is 12.4 Å². The second-order valence-corrected chi connectivity index (χ2v) is 5.23. The Bertz CT molecular complexity index is 459. The van der Waals surface area contributed by atoms with Gasteiger partial charge in [0.15, 0.2) is 5.16 Å². The van der Waals surface area contributed by atoms with Gasteiger partial charge in [0.05, 0.1) is 12.4 Å². The van der Waals surface area contributed by atoms with Gasteiger partial charge in [0.2, 0.25) is 0 Å². The molecule has 0 saturated heterocycles. The highest BCUT2D eigenvalue weighted by atomic mass is 32.2. The number of esters is 1. The van der Waals surface area contributed by atoms with Crippen LogP contribution in [0.1, 0.15) is 38.3 Å². The number of carbonyl (C=O) groups excluding carboxylic acids is 1. The molecule has 19 heavy (non-hydrogen) atoms. The van der Waals surface area contributed by atoms with E-state index in [0.717, 1.165) is 19.3 Å². The van der Waals surface area contributed by atoms with E-state index in [-0.39, 0.29) is 17.3 Å². The van der Waals surface area contributed by atoms with Crippen molar-refractivity contribution >= 4 is 17.7 Å². The van der Waals surface area contributed by atoms with Gasteiger partial charge in [-0.3, -0.25) is 9.59 Å². The molecule has 1 N–H and O–H groups in total. The Kier molecular flexibility index (Phi) is 7.25. The van der Waals surface area contributed by atoms with Crippen molar-refractivity contribution in [3.05, 3.63) is 22.1 Å². The first kappa shape index (κ1) is 15.8. The van der Waals surface area contributed by atoms with Gasteiger partial charge in [0, 0.05) is 11.8 Å². The summed E-state index contributed by atoms with van der Waals surface area (Å²) in [5.41, 5.74) is 0.433. The van der Waals surface area contributed by atoms with Gasteiger partial charge in [-0.25, -0.2) is 4.98 Å². The normalized spacial score (nSPS) is 10.4. The highest BCUT2D eigenvalue weighted by Crippen LogP contribution is 2.11. The Morgan fingerprint density at radius 3 is 2.89 bits per heavy atom. The van der Waals surface area contributed by atoms with E-state index in [1.54, 1.807) is 6.92 Å². The van der Waals surface area contributed by atoms with Crippen molar-refractivity contribution < 1.29 is 9.53 Å². The number of aromatic nitrogens is 2. The number of nitrogens with zero attached hydrogens (tertiary/aromatic N) is 1. The van der Waals surface area contributed by atoms with Gasteiger partial charge in [-0.2, -0.15) is 0 Å². The first-order chi connectivity index (χ1) is 9.11. The zero-order chi connectivity index (χ0) is 14.1. The third-order valence-electron chi connectivity index (χ3n) is 2.44. The molecule has 0 radical (unpaired) electrons. The van der Waals surface area contributed by atoms with Crippen LogP contribution in [0.2, 0.25) is 0 Å². The molecule has 6 heteroatoms. The summed E-state index contributed by atoms with van der Waals surface area (Å²) in [6, 6.07) is 1.41. The van der Waals surface area contributed by atoms with Gasteiger partial charge in [0.1, 0.15) is 0 Å². The van der Waals surface area contributed by atoms with Crippen molar-refractivity contribution in [1.82, 2.24) is 9.97 Å². The molecule has 0 fully saturated rings. The molecule has 106 valence electrons. The predicted octanol–water partition coefficient (Wildman–Crippen LogP) is 2.29. The molecule has 1 heterocycles. The van der Waals surface area contributed by atoms with Crippen molar-refractivity contribution in [2.45, 2.75) is 44.7 Å². The summed E-state index contributed by atoms with van der Waals surface area (Å²) in [4.78, 5) is 29.4. The van der Waals surface area contributed by atoms with E-state index in [4.69, 9.17) is 4.74 Å². The lowest BCUT2D eigenvalue weighted by Gasteiger charge is -2.04. The largest absolute Gasteiger partial charge is 0.465 e. The van der Waals surface area contributed by atoms with Crippen LogP contribution in [0.3, 0.4) is 0 Å². The number of thioether (sulfide) groups is 1. The Labute approximate surface area is 117 Å². The summed E-state index contributed by atoms with van der Waals surface area (Å²) in [7, 11) is 0. The van der Waals surface area contributed by atoms with E-state index in [9.17, 15) is 9.59 Å². The first-order valence-electron chi connectivity index (χ1n) is 6.48. The second-order valence-electron chi connectivity index (χ2n) is 4.26. The third kappa shape index (κ3) is 7.00. The van der Waals surface area contributed by atoms with Crippen LogP contribution in [-0.2, 0) is 9.53 Å². The summed E-state index contributed by atoms with van der Waals surface area (Å²) < 4.78 is 5.09. The van der Waals surface area contributed by atoms with Crippen LogP contribution in [0.15, 0.2) is 16.0 Å². The van der Waals surface area contributed by atoms with Gasteiger partial charge in [-0.15, -0.1) is 0 Å². The number of aromatic amines is 1. The molecule has 0 unspecified atom stereocenters. The lowest BCUT2D eigenvalue weighted by Crippen LogP contribution is -2.11. The Hall–Kier alpha value is -1.30. The predicted molar refractivity (Wildman–Crippen MR) is 75.4 cm³/mol. The average Bonchev–Trinajstić information content (AvgIpc) is 2.35. The monoisotopic (exact) mass is 284 g/mol. The number of H-pyrrole nitrogens is 1. The fourth-order valence-corrected chi connectivity index (χ4v) is 2.22. The Balaban J connectivity index is 2.24. The van der Waals surface area contributed by atoms with Gasteiger partial charge < -0.3 is 9.72 Å². The molecule has 0 saturated carbocycles. The van der Waals surface area contributed by atoms with E-state index < -0.39 is 0 Å². The van der Waals surface area contributed by atoms with Gasteiger partial charge in [-0.1, -0.05) is 37.9 Å². The quantitative estimate of drug-likeness (QED) is 0.343. The number of nitrogens with one attached hydrogen (secondary N) is 1. The number of aryl methyl sites for hydroxylation is 1. The average molecular weight is 284 g/mol. The van der Waals surface area contributed by atoms with E-state index in [0.29, 0.717) is 17.5 Å². The summed E-state index contributed by atoms with van der Waals surface area (Å²) in [6.07, 6.45) is 4.32. The van der Waals surface area contributed by atoms with Crippen LogP contribution in [0.4, 0.5) is 0 Å². The first-order valence-corrected chi connectivity index (χ1v) is 7.46. The summed E-state index contributed by atoms with van der Waals surface area (Å²) in [5.74, 6) is -0.106. The number of hydrogen-bond donors (Lipinski definition) is 1. The minimum atomic E-state index is -0.273. The summed E-state index contributed by atoms with van der Waals surface area (Å²) in [6.45, 7) is 4.35. The maximum atomic E-state index is 11.5. The van der Waals surface area contributed by atoms with Crippen molar-refractivity contribution in [2.24, 2.45) is 0 Å². The van der Waals surface area contributed by atoms with Gasteiger partial charge >= 0.3 is 5.97 Å². The fourth-order valence-electron chi connectivity index (χ4n) is 1.50. The van der Waals surface area contributed by atoms with Gasteiger partial charge in [0.25, 0.3) is 5.56 Å². The SMILES string of the molecule is CCCCCCOC(=O)CSc1nc(C)cc(=O)[nH]1. The summed E-state index contributed by atoms with van der Waals surface area (Å²) in [5, 5.41) is 0.452. The van der Waals surface area contributed by atoms with Crippen LogP contribution >= 0.6 is 11.8 Å². The molecule has 1 rings (SSSR count). The van der Waals surface area contributed by atoms with Crippen LogP contribution < -0.4 is 5.56 Å². The molecule has 0 aliphatic rings. The fraction of sp³-hybridized carbons (Fsp3) is 0.615. The molecule has 1 aromatic rings. The number of unbranched alkanes of at least 4 members (excludes halogenated alkanes) is 3. The maximum Gasteiger partial charge on any atom is 0.316 e. The number of hydrogen-bond acceptors (Lipinski definition) is 5. The molecule has 1 aromatic heterocycles. The van der Waals surface area contributed by atoms with Crippen molar-refractivity contribution in [3.8, 4) is 0 Å². The highest BCUT2D eigenvalue weighted by molar-refractivity contribution is 7.99. The third-order valence-corrected chi connectivity index (χ3v) is 3.28. The van der Waals surface area contributed by atoms with Crippen LogP contribution in [0.5, 0.6) is 0 Å². The van der Waals surface area contributed by atoms with Gasteiger partial charge in [-0.05, 0) is 13.3 Å². The molecule has 0 aliphatic carbocycles. The van der Waals surface area contributed by atoms with Crippen molar-refractivity contribution in [1.29, 1.82) is 0 Å². The molecule has 0 aliphatic heterocycles. The molecule has 0 aromatic carbocycles. The van der Waals surface area contributed by atoms with Crippen LogP contribution in [-0.4, -0.2) is 28.3 Å². The molecular weight excluding hydrogens is 264 g/mol. The number of ether oxygens (including phenoxy) is 1. The lowest BCUT2D eigenvalue weighted by atomic mass is 10.2. The maximum absolute atomic E-state index is 11.5. The second kappa shape index (κ2) is 8.74. The lowest BCUT2D eigenvalue weighted by molar-refractivity contribution is -0.140. The standard InChI is InChI=1S/C13H20N2O3S/c1-3-4-5-6-7-18-12(17)9-19-13-14-10(2)8-11(16)15-13/h8H,3-7,9H2,1-2H3,(H,14,15,16). The molecule has 0 amide bonds. The summed E-state index contributed by atoms with van der Waals surface area (Å²) >= 11 is 1.18. The minimum Gasteiger partial charge on any atom is -0.465 e. The zero-order valence-corrected chi connectivity index (χ0v) is 12.2. The number of carbonyl (C=O) groups is 1. The van der Waals surface area contributed by atoms with E-state index in [2.05, 4.69) is 16.9 Å². The van der Waals surface area contributed by atoms with E-state index in [1.165, 1.54) is 24.2 Å². The molecule has 0 atom stereocenters. The van der Waals surface area contributed by atoms with Crippen molar-refractivity contribution in [3.63, 3.8) is 0 Å². The molecule has 0 spiro atoms. The molecule has 5 nitrogen and oxygen atoms in total. The smallest absolute Gasteiger partial charge is 0.316 e. The Morgan fingerprint density at radius 1 is 1.42 bits per heavy atom. The Morgan fingerprint density at radius 2 is 2.21 bits per heavy atom. The van der Waals surface area contributed by atoms with Crippen LogP contribution in [0, 0.1) is 6.92 Å².